The molecule has 220 valence electrons. The third-order valence-electron chi connectivity index (χ3n) is 5.74. The van der Waals surface area contributed by atoms with Crippen molar-refractivity contribution in [2.24, 2.45) is 0 Å². The van der Waals surface area contributed by atoms with Gasteiger partial charge in [-0.15, -0.1) is 0 Å². The summed E-state index contributed by atoms with van der Waals surface area (Å²) in [6.45, 7) is 1.78. The second kappa shape index (κ2) is 11.8. The van der Waals surface area contributed by atoms with Gasteiger partial charge in [-0.3, -0.25) is 9.59 Å². The van der Waals surface area contributed by atoms with Gasteiger partial charge < -0.3 is 15.7 Å². The number of hydrogen-bond acceptors (Lipinski definition) is 6. The largest absolute Gasteiger partial charge is 0.506 e. The standard InChI is InChI=1S/C26H18Cl3F3N4O5S/c1-13-2-4-16(5-3-13)42(40,41)12-23(38)34-20-9-22(37)21(8-18(20)27)35-25(39)14-10-33-36(11-14)15-6-17(26(30,31)32)24(29)19(28)7-15/h2-11,37H,12H2,1H3,(H,34,38)(H,35,39). The van der Waals surface area contributed by atoms with Gasteiger partial charge in [-0.25, -0.2) is 13.1 Å². The van der Waals surface area contributed by atoms with Gasteiger partial charge in [0.1, 0.15) is 11.5 Å². The van der Waals surface area contributed by atoms with Crippen molar-refractivity contribution in [2.45, 2.75) is 18.0 Å². The number of aromatic nitrogens is 2. The number of carbonyl (C=O) groups excluding carboxylic acids is 2. The van der Waals surface area contributed by atoms with Crippen LogP contribution in [0.5, 0.6) is 5.75 Å². The van der Waals surface area contributed by atoms with Gasteiger partial charge in [0.15, 0.2) is 9.84 Å². The normalized spacial score (nSPS) is 11.8. The first-order chi connectivity index (χ1) is 19.5. The third kappa shape index (κ3) is 6.98. The summed E-state index contributed by atoms with van der Waals surface area (Å²) < 4.78 is 65.9. The lowest BCUT2D eigenvalue weighted by atomic mass is 10.2. The van der Waals surface area contributed by atoms with E-state index in [9.17, 15) is 36.3 Å². The van der Waals surface area contributed by atoms with Crippen molar-refractivity contribution in [1.29, 1.82) is 0 Å². The van der Waals surface area contributed by atoms with Gasteiger partial charge in [-0.2, -0.15) is 18.3 Å². The van der Waals surface area contributed by atoms with Gasteiger partial charge in [0.2, 0.25) is 5.91 Å². The number of halogens is 6. The Bertz CT molecular complexity index is 1810. The summed E-state index contributed by atoms with van der Waals surface area (Å²) >= 11 is 17.7. The average molecular weight is 662 g/mol. The number of phenolic OH excluding ortho intramolecular Hbond substituents is 1. The van der Waals surface area contributed by atoms with E-state index in [1.807, 2.05) is 0 Å². The van der Waals surface area contributed by atoms with Crippen molar-refractivity contribution in [3.05, 3.63) is 92.7 Å². The number of hydrogen-bond donors (Lipinski definition) is 3. The Balaban J connectivity index is 1.48. The van der Waals surface area contributed by atoms with Crippen LogP contribution in [0.2, 0.25) is 15.1 Å². The van der Waals surface area contributed by atoms with E-state index in [0.717, 1.165) is 40.8 Å². The lowest BCUT2D eigenvalue weighted by molar-refractivity contribution is -0.137. The molecule has 0 fully saturated rings. The van der Waals surface area contributed by atoms with Crippen molar-refractivity contribution in [2.75, 3.05) is 16.4 Å². The molecule has 0 aliphatic carbocycles. The Morgan fingerprint density at radius 3 is 2.29 bits per heavy atom. The number of aromatic hydroxyl groups is 1. The predicted octanol–water partition coefficient (Wildman–Crippen LogP) is 6.53. The zero-order chi connectivity index (χ0) is 31.0. The van der Waals surface area contributed by atoms with E-state index in [2.05, 4.69) is 15.7 Å². The second-order valence-electron chi connectivity index (χ2n) is 8.88. The Morgan fingerprint density at radius 2 is 1.64 bits per heavy atom. The molecular formula is C26H18Cl3F3N4O5S. The summed E-state index contributed by atoms with van der Waals surface area (Å²) in [5.41, 5.74) is -0.878. The molecule has 3 aromatic carbocycles. The molecule has 0 radical (unpaired) electrons. The minimum atomic E-state index is -4.79. The van der Waals surface area contributed by atoms with Crippen LogP contribution < -0.4 is 10.6 Å². The maximum absolute atomic E-state index is 13.3. The molecular weight excluding hydrogens is 644 g/mol. The number of phenols is 1. The van der Waals surface area contributed by atoms with Gasteiger partial charge in [-0.05, 0) is 37.3 Å². The zero-order valence-corrected chi connectivity index (χ0v) is 24.2. The van der Waals surface area contributed by atoms with Gasteiger partial charge in [0, 0.05) is 12.3 Å². The quantitative estimate of drug-likeness (QED) is 0.193. The van der Waals surface area contributed by atoms with Crippen LogP contribution in [0, 0.1) is 6.92 Å². The van der Waals surface area contributed by atoms with Crippen LogP contribution in [0.1, 0.15) is 21.5 Å². The minimum Gasteiger partial charge on any atom is -0.506 e. The molecule has 4 rings (SSSR count). The average Bonchev–Trinajstić information content (AvgIpc) is 3.38. The van der Waals surface area contributed by atoms with Gasteiger partial charge >= 0.3 is 6.18 Å². The van der Waals surface area contributed by atoms with Gasteiger partial charge in [0.25, 0.3) is 5.91 Å². The fourth-order valence-electron chi connectivity index (χ4n) is 3.63. The predicted molar refractivity (Wildman–Crippen MR) is 152 cm³/mol. The monoisotopic (exact) mass is 660 g/mol. The molecule has 4 aromatic rings. The van der Waals surface area contributed by atoms with E-state index in [-0.39, 0.29) is 37.6 Å². The fourth-order valence-corrected chi connectivity index (χ4v) is 5.41. The van der Waals surface area contributed by atoms with E-state index < -0.39 is 49.9 Å². The van der Waals surface area contributed by atoms with Gasteiger partial charge in [0.05, 0.1) is 54.3 Å². The zero-order valence-electron chi connectivity index (χ0n) is 21.1. The highest BCUT2D eigenvalue weighted by Gasteiger charge is 2.35. The Labute approximate surface area is 251 Å². The molecule has 2 amide bonds. The number of sulfone groups is 1. The first-order valence-electron chi connectivity index (χ1n) is 11.6. The molecule has 0 saturated carbocycles. The smallest absolute Gasteiger partial charge is 0.417 e. The summed E-state index contributed by atoms with van der Waals surface area (Å²) in [5.74, 6) is -3.16. The highest BCUT2D eigenvalue weighted by molar-refractivity contribution is 7.92. The summed E-state index contributed by atoms with van der Waals surface area (Å²) in [5, 5.41) is 17.8. The van der Waals surface area contributed by atoms with Crippen molar-refractivity contribution in [1.82, 2.24) is 9.78 Å². The van der Waals surface area contributed by atoms with Crippen LogP contribution in [-0.4, -0.2) is 40.9 Å². The van der Waals surface area contributed by atoms with E-state index in [4.69, 9.17) is 34.8 Å². The van der Waals surface area contributed by atoms with E-state index in [1.165, 1.54) is 12.1 Å². The number of amides is 2. The molecule has 1 heterocycles. The number of nitrogens with zero attached hydrogens (tertiary/aromatic N) is 2. The summed E-state index contributed by atoms with van der Waals surface area (Å²) in [6.07, 6.45) is -2.61. The van der Waals surface area contributed by atoms with Crippen LogP contribution in [0.3, 0.4) is 0 Å². The van der Waals surface area contributed by atoms with Crippen molar-refractivity contribution in [3.8, 4) is 11.4 Å². The van der Waals surface area contributed by atoms with Crippen molar-refractivity contribution in [3.63, 3.8) is 0 Å². The molecule has 16 heteroatoms. The van der Waals surface area contributed by atoms with Crippen molar-refractivity contribution < 1.29 is 36.3 Å². The molecule has 0 spiro atoms. The van der Waals surface area contributed by atoms with Crippen LogP contribution in [-0.2, 0) is 20.8 Å². The number of rotatable bonds is 7. The number of anilines is 2. The number of carbonyl (C=O) groups is 2. The maximum Gasteiger partial charge on any atom is 0.417 e. The second-order valence-corrected chi connectivity index (χ2v) is 12.1. The molecule has 0 unspecified atom stereocenters. The van der Waals surface area contributed by atoms with E-state index in [1.54, 1.807) is 19.1 Å². The lowest BCUT2D eigenvalue weighted by Gasteiger charge is -2.13. The summed E-state index contributed by atoms with van der Waals surface area (Å²) in [4.78, 5) is 25.1. The number of aryl methyl sites for hydroxylation is 1. The first-order valence-corrected chi connectivity index (χ1v) is 14.4. The SMILES string of the molecule is Cc1ccc(S(=O)(=O)CC(=O)Nc2cc(O)c(NC(=O)c3cnn(-c4cc(Cl)c(Cl)c(C(F)(F)F)c4)c3)cc2Cl)cc1. The first kappa shape index (κ1) is 31.2. The summed E-state index contributed by atoms with van der Waals surface area (Å²) in [6, 6.07) is 9.91. The fraction of sp³-hybridized carbons (Fsp3) is 0.115. The van der Waals surface area contributed by atoms with E-state index >= 15 is 0 Å². The molecule has 9 nitrogen and oxygen atoms in total. The maximum atomic E-state index is 13.3. The van der Waals surface area contributed by atoms with Crippen LogP contribution in [0.15, 0.2) is 65.8 Å². The molecule has 0 aliphatic rings. The van der Waals surface area contributed by atoms with E-state index in [0.29, 0.717) is 6.07 Å². The van der Waals surface area contributed by atoms with Crippen LogP contribution in [0.4, 0.5) is 24.5 Å². The number of alkyl halides is 3. The van der Waals surface area contributed by atoms with Crippen molar-refractivity contribution >= 4 is 67.8 Å². The highest BCUT2D eigenvalue weighted by Crippen LogP contribution is 2.40. The molecule has 42 heavy (non-hydrogen) atoms. The lowest BCUT2D eigenvalue weighted by Crippen LogP contribution is -2.23. The molecule has 0 atom stereocenters. The number of nitrogens with one attached hydrogen (secondary N) is 2. The summed E-state index contributed by atoms with van der Waals surface area (Å²) in [7, 11) is -3.96. The Hall–Kier alpha value is -3.78. The number of benzene rings is 3. The third-order valence-corrected chi connectivity index (χ3v) is 8.48. The Kier molecular flexibility index (Phi) is 8.78. The topological polar surface area (TPSA) is 130 Å². The molecule has 3 N–H and O–H groups in total. The molecule has 1 aromatic heterocycles. The Morgan fingerprint density at radius 1 is 0.976 bits per heavy atom. The highest BCUT2D eigenvalue weighted by atomic mass is 35.5. The molecule has 0 aliphatic heterocycles. The van der Waals surface area contributed by atoms with Crippen LogP contribution >= 0.6 is 34.8 Å². The van der Waals surface area contributed by atoms with Gasteiger partial charge in [-0.1, -0.05) is 52.5 Å². The molecule has 0 saturated heterocycles. The van der Waals surface area contributed by atoms with Crippen LogP contribution in [0.25, 0.3) is 5.69 Å². The minimum absolute atomic E-state index is 0.0430. The molecule has 0 bridgehead atoms.